The number of ketones is 2. The Morgan fingerprint density at radius 1 is 0.885 bits per heavy atom. The number of rotatable bonds is 4. The molecule has 26 heavy (non-hydrogen) atoms. The first-order valence-corrected chi connectivity index (χ1v) is 9.84. The van der Waals surface area contributed by atoms with Gasteiger partial charge in [-0.05, 0) is 13.8 Å². The first-order chi connectivity index (χ1) is 12.5. The molecule has 1 aromatic carbocycles. The van der Waals surface area contributed by atoms with Gasteiger partial charge in [0.1, 0.15) is 10.5 Å². The third-order valence-electron chi connectivity index (χ3n) is 3.86. The van der Waals surface area contributed by atoms with Gasteiger partial charge in [0.15, 0.2) is 11.6 Å². The molecule has 1 heterocycles. The van der Waals surface area contributed by atoms with Gasteiger partial charge in [-0.3, -0.25) is 19.2 Å². The van der Waals surface area contributed by atoms with Crippen molar-refractivity contribution in [2.75, 3.05) is 13.2 Å². The standard InChI is InChI=1S/C18H16O6S2/c1-3-23-16(21)14-15(17(22)24-4-2)26-18(25-14)11-12(19)9-7-5-6-8-10(9)13(11)20/h5-8,14-15H,3-4H2,1-2H3. The fourth-order valence-electron chi connectivity index (χ4n) is 2.73. The Balaban J connectivity index is 1.98. The molecule has 136 valence electrons. The molecule has 1 aliphatic carbocycles. The van der Waals surface area contributed by atoms with Crippen LogP contribution in [0.4, 0.5) is 0 Å². The molecule has 8 heteroatoms. The molecule has 6 nitrogen and oxygen atoms in total. The van der Waals surface area contributed by atoms with Crippen molar-refractivity contribution in [1.29, 1.82) is 0 Å². The lowest BCUT2D eigenvalue weighted by Crippen LogP contribution is -2.34. The molecule has 0 saturated carbocycles. The average molecular weight is 392 g/mol. The van der Waals surface area contributed by atoms with Crippen LogP contribution in [0.5, 0.6) is 0 Å². The van der Waals surface area contributed by atoms with Gasteiger partial charge >= 0.3 is 11.9 Å². The summed E-state index contributed by atoms with van der Waals surface area (Å²) in [5.74, 6) is -1.89. The predicted molar refractivity (Wildman–Crippen MR) is 98.2 cm³/mol. The number of Topliss-reactive ketones (excluding diaryl/α,β-unsaturated/α-hetero) is 2. The second kappa shape index (κ2) is 7.67. The van der Waals surface area contributed by atoms with E-state index in [1.807, 2.05) is 0 Å². The molecule has 0 bridgehead atoms. The van der Waals surface area contributed by atoms with E-state index in [0.29, 0.717) is 15.4 Å². The predicted octanol–water partition coefficient (Wildman–Crippen LogP) is 2.62. The van der Waals surface area contributed by atoms with Crippen LogP contribution in [0.15, 0.2) is 34.1 Å². The van der Waals surface area contributed by atoms with Crippen molar-refractivity contribution in [2.24, 2.45) is 0 Å². The van der Waals surface area contributed by atoms with Crippen LogP contribution in [-0.2, 0) is 19.1 Å². The number of ether oxygens (including phenoxy) is 2. The van der Waals surface area contributed by atoms with Crippen molar-refractivity contribution in [3.05, 3.63) is 45.2 Å². The first-order valence-electron chi connectivity index (χ1n) is 8.08. The van der Waals surface area contributed by atoms with Crippen LogP contribution in [0.2, 0.25) is 0 Å². The van der Waals surface area contributed by atoms with E-state index in [1.165, 1.54) is 0 Å². The SMILES string of the molecule is CCOC(=O)C1SC(=C2C(=O)c3ccccc3C2=O)SC1C(=O)OCC. The highest BCUT2D eigenvalue weighted by Crippen LogP contribution is 2.51. The highest BCUT2D eigenvalue weighted by Gasteiger charge is 2.48. The summed E-state index contributed by atoms with van der Waals surface area (Å²) >= 11 is 2.04. The summed E-state index contributed by atoms with van der Waals surface area (Å²) in [7, 11) is 0. The highest BCUT2D eigenvalue weighted by atomic mass is 32.2. The largest absolute Gasteiger partial charge is 0.465 e. The monoisotopic (exact) mass is 392 g/mol. The maximum absolute atomic E-state index is 12.7. The third-order valence-corrected chi connectivity index (χ3v) is 6.88. The van der Waals surface area contributed by atoms with Crippen LogP contribution in [0.25, 0.3) is 0 Å². The van der Waals surface area contributed by atoms with Gasteiger partial charge in [0, 0.05) is 11.1 Å². The summed E-state index contributed by atoms with van der Waals surface area (Å²) in [5.41, 5.74) is 0.698. The zero-order valence-corrected chi connectivity index (χ0v) is 15.8. The highest BCUT2D eigenvalue weighted by molar-refractivity contribution is 8.26. The second-order valence-electron chi connectivity index (χ2n) is 5.45. The average Bonchev–Trinajstić information content (AvgIpc) is 3.16. The third kappa shape index (κ3) is 3.19. The van der Waals surface area contributed by atoms with E-state index in [1.54, 1.807) is 38.1 Å². The van der Waals surface area contributed by atoms with Crippen molar-refractivity contribution in [2.45, 2.75) is 24.3 Å². The number of hydrogen-bond donors (Lipinski definition) is 0. The fraction of sp³-hybridized carbons (Fsp3) is 0.333. The van der Waals surface area contributed by atoms with E-state index in [-0.39, 0.29) is 30.4 Å². The molecule has 0 spiro atoms. The minimum absolute atomic E-state index is 0.0160. The Morgan fingerprint density at radius 2 is 1.31 bits per heavy atom. The van der Waals surface area contributed by atoms with E-state index >= 15 is 0 Å². The van der Waals surface area contributed by atoms with Crippen molar-refractivity contribution in [1.82, 2.24) is 0 Å². The number of carbonyl (C=O) groups excluding carboxylic acids is 4. The van der Waals surface area contributed by atoms with Gasteiger partial charge in [-0.15, -0.1) is 23.5 Å². The lowest BCUT2D eigenvalue weighted by molar-refractivity contribution is -0.148. The second-order valence-corrected chi connectivity index (χ2v) is 8.01. The molecule has 0 amide bonds. The molecular formula is C18H16O6S2. The maximum atomic E-state index is 12.7. The molecular weight excluding hydrogens is 376 g/mol. The number of esters is 2. The van der Waals surface area contributed by atoms with E-state index in [9.17, 15) is 19.2 Å². The van der Waals surface area contributed by atoms with Crippen molar-refractivity contribution in [3.63, 3.8) is 0 Å². The molecule has 1 fully saturated rings. The van der Waals surface area contributed by atoms with Crippen LogP contribution < -0.4 is 0 Å². The summed E-state index contributed by atoms with van der Waals surface area (Å²) in [6.45, 7) is 3.69. The smallest absolute Gasteiger partial charge is 0.321 e. The van der Waals surface area contributed by atoms with Gasteiger partial charge in [-0.2, -0.15) is 0 Å². The number of allylic oxidation sites excluding steroid dienone is 1. The minimum atomic E-state index is -0.856. The molecule has 2 atom stereocenters. The minimum Gasteiger partial charge on any atom is -0.465 e. The molecule has 0 N–H and O–H groups in total. The fourth-order valence-corrected chi connectivity index (χ4v) is 5.77. The number of hydrogen-bond acceptors (Lipinski definition) is 8. The number of carbonyl (C=O) groups is 4. The van der Waals surface area contributed by atoms with Crippen LogP contribution >= 0.6 is 23.5 Å². The van der Waals surface area contributed by atoms with Gasteiger partial charge < -0.3 is 9.47 Å². The first kappa shape index (κ1) is 18.7. The van der Waals surface area contributed by atoms with Gasteiger partial charge in [0.2, 0.25) is 0 Å². The van der Waals surface area contributed by atoms with E-state index < -0.39 is 22.4 Å². The van der Waals surface area contributed by atoms with Gasteiger partial charge in [-0.25, -0.2) is 0 Å². The number of benzene rings is 1. The Bertz CT molecular complexity index is 764. The van der Waals surface area contributed by atoms with E-state index in [4.69, 9.17) is 9.47 Å². The number of fused-ring (bicyclic) bond motifs is 1. The van der Waals surface area contributed by atoms with Crippen LogP contribution in [0.1, 0.15) is 34.6 Å². The Hall–Kier alpha value is -2.06. The van der Waals surface area contributed by atoms with E-state index in [0.717, 1.165) is 23.5 Å². The number of thioether (sulfide) groups is 2. The molecule has 2 aliphatic rings. The van der Waals surface area contributed by atoms with Crippen LogP contribution in [0.3, 0.4) is 0 Å². The van der Waals surface area contributed by atoms with Crippen molar-refractivity contribution in [3.8, 4) is 0 Å². The molecule has 0 aromatic heterocycles. The summed E-state index contributed by atoms with van der Waals surface area (Å²) < 4.78 is 10.4. The lowest BCUT2D eigenvalue weighted by Gasteiger charge is -2.14. The molecule has 3 rings (SSSR count). The van der Waals surface area contributed by atoms with Gasteiger partial charge in [0.05, 0.1) is 23.0 Å². The summed E-state index contributed by atoms with van der Waals surface area (Å²) in [4.78, 5) is 49.8. The molecule has 2 unspecified atom stereocenters. The zero-order valence-electron chi connectivity index (χ0n) is 14.1. The van der Waals surface area contributed by atoms with E-state index in [2.05, 4.69) is 0 Å². The normalized spacial score (nSPS) is 21.8. The molecule has 1 aliphatic heterocycles. The Morgan fingerprint density at radius 3 is 1.69 bits per heavy atom. The van der Waals surface area contributed by atoms with Crippen LogP contribution in [0, 0.1) is 0 Å². The topological polar surface area (TPSA) is 86.7 Å². The van der Waals surface area contributed by atoms with Crippen molar-refractivity contribution < 1.29 is 28.7 Å². The maximum Gasteiger partial charge on any atom is 0.321 e. The Kier molecular flexibility index (Phi) is 5.52. The van der Waals surface area contributed by atoms with Gasteiger partial charge in [0.25, 0.3) is 0 Å². The van der Waals surface area contributed by atoms with Gasteiger partial charge in [-0.1, -0.05) is 24.3 Å². The Labute approximate surface area is 158 Å². The summed E-state index contributed by atoms with van der Waals surface area (Å²) in [6.07, 6.45) is 0. The lowest BCUT2D eigenvalue weighted by atomic mass is 10.1. The van der Waals surface area contributed by atoms with Crippen LogP contribution in [-0.4, -0.2) is 47.2 Å². The molecule has 0 radical (unpaired) electrons. The zero-order chi connectivity index (χ0) is 18.8. The molecule has 1 saturated heterocycles. The summed E-state index contributed by atoms with van der Waals surface area (Å²) in [5, 5.41) is -1.71. The quantitative estimate of drug-likeness (QED) is 0.439. The summed E-state index contributed by atoms with van der Waals surface area (Å²) in [6, 6.07) is 6.57. The molecule has 1 aromatic rings. The van der Waals surface area contributed by atoms with Crippen molar-refractivity contribution >= 4 is 47.0 Å².